The molecule has 0 bridgehead atoms. The van der Waals surface area contributed by atoms with Crippen molar-refractivity contribution in [3.05, 3.63) is 71.3 Å². The summed E-state index contributed by atoms with van der Waals surface area (Å²) in [5.41, 5.74) is 2.45. The Morgan fingerprint density at radius 2 is 1.27 bits per heavy atom. The van der Waals surface area contributed by atoms with Crippen molar-refractivity contribution in [1.29, 1.82) is 0 Å². The average Bonchev–Trinajstić information content (AvgIpc) is 2.61. The quantitative estimate of drug-likeness (QED) is 0.610. The molecule has 0 aliphatic heterocycles. The second-order valence-corrected chi connectivity index (χ2v) is 8.34. The van der Waals surface area contributed by atoms with Gasteiger partial charge in [-0.05, 0) is 44.4 Å². The lowest BCUT2D eigenvalue weighted by molar-refractivity contribution is -0.154. The van der Waals surface area contributed by atoms with Gasteiger partial charge in [-0.25, -0.2) is 0 Å². The van der Waals surface area contributed by atoms with E-state index in [-0.39, 0.29) is 5.41 Å². The van der Waals surface area contributed by atoms with Crippen molar-refractivity contribution < 1.29 is 14.3 Å². The molecule has 2 aromatic carbocycles. The molecule has 0 spiro atoms. The van der Waals surface area contributed by atoms with Crippen LogP contribution in [0.15, 0.2) is 54.6 Å². The number of rotatable bonds is 8. The summed E-state index contributed by atoms with van der Waals surface area (Å²) >= 11 is 0. The molecular formula is C23H30O3. The first-order valence-corrected chi connectivity index (χ1v) is 9.00. The molecule has 3 nitrogen and oxygen atoms in total. The number of carbonyl (C=O) groups excluding carboxylic acids is 1. The molecule has 0 fully saturated rings. The molecule has 0 unspecified atom stereocenters. The van der Waals surface area contributed by atoms with Crippen LogP contribution in [0.1, 0.15) is 58.2 Å². The van der Waals surface area contributed by atoms with Gasteiger partial charge in [0.15, 0.2) is 0 Å². The van der Waals surface area contributed by atoms with Gasteiger partial charge in [0, 0.05) is 5.41 Å². The number of hydrogen-bond acceptors (Lipinski definition) is 3. The highest BCUT2D eigenvalue weighted by atomic mass is 16.6. The topological polar surface area (TPSA) is 35.5 Å². The minimum atomic E-state index is -0.645. The fourth-order valence-corrected chi connectivity index (χ4v) is 2.91. The molecular weight excluding hydrogens is 324 g/mol. The van der Waals surface area contributed by atoms with E-state index < -0.39 is 11.2 Å². The van der Waals surface area contributed by atoms with Gasteiger partial charge >= 0.3 is 0 Å². The third-order valence-corrected chi connectivity index (χ3v) is 4.95. The van der Waals surface area contributed by atoms with Crippen LogP contribution in [0.25, 0.3) is 0 Å². The van der Waals surface area contributed by atoms with Gasteiger partial charge in [-0.2, -0.15) is 0 Å². The maximum atomic E-state index is 10.6. The second kappa shape index (κ2) is 7.63. The Morgan fingerprint density at radius 1 is 0.769 bits per heavy atom. The minimum Gasteiger partial charge on any atom is -0.459 e. The van der Waals surface area contributed by atoms with Crippen molar-refractivity contribution in [2.45, 2.75) is 58.2 Å². The summed E-state index contributed by atoms with van der Waals surface area (Å²) in [7, 11) is 0. The van der Waals surface area contributed by atoms with E-state index >= 15 is 0 Å². The molecule has 0 amide bonds. The molecule has 0 saturated carbocycles. The standard InChI is InChI=1S/C23H30O3/c1-21(2,26-17-24)16-25-23(5,6)20-14-12-19(13-15-20)22(3,4)18-10-8-7-9-11-18/h7-15,17H,16H2,1-6H3. The van der Waals surface area contributed by atoms with Crippen LogP contribution in [-0.2, 0) is 25.3 Å². The first kappa shape index (κ1) is 20.2. The summed E-state index contributed by atoms with van der Waals surface area (Å²) in [4.78, 5) is 10.6. The van der Waals surface area contributed by atoms with Gasteiger partial charge in [0.05, 0.1) is 12.2 Å². The summed E-state index contributed by atoms with van der Waals surface area (Å²) in [5, 5.41) is 0. The Bertz CT molecular complexity index is 713. The SMILES string of the molecule is CC(C)(COC(C)(C)c1ccc(C(C)(C)c2ccccc2)cc1)OC=O. The van der Waals surface area contributed by atoms with Crippen LogP contribution in [0.4, 0.5) is 0 Å². The van der Waals surface area contributed by atoms with E-state index in [0.717, 1.165) is 5.56 Å². The van der Waals surface area contributed by atoms with Crippen LogP contribution >= 0.6 is 0 Å². The van der Waals surface area contributed by atoms with Crippen LogP contribution in [0.5, 0.6) is 0 Å². The molecule has 2 rings (SSSR count). The van der Waals surface area contributed by atoms with Gasteiger partial charge in [0.1, 0.15) is 5.60 Å². The number of benzene rings is 2. The maximum Gasteiger partial charge on any atom is 0.293 e. The maximum absolute atomic E-state index is 10.6. The van der Waals surface area contributed by atoms with Crippen molar-refractivity contribution in [2.75, 3.05) is 6.61 Å². The lowest BCUT2D eigenvalue weighted by Crippen LogP contribution is -2.35. The first-order chi connectivity index (χ1) is 12.1. The predicted molar refractivity (Wildman–Crippen MR) is 105 cm³/mol. The largest absolute Gasteiger partial charge is 0.459 e. The third kappa shape index (κ3) is 4.73. The van der Waals surface area contributed by atoms with Crippen LogP contribution in [0.3, 0.4) is 0 Å². The van der Waals surface area contributed by atoms with Gasteiger partial charge in [-0.3, -0.25) is 4.79 Å². The molecule has 0 heterocycles. The zero-order valence-corrected chi connectivity index (χ0v) is 16.7. The Balaban J connectivity index is 2.16. The summed E-state index contributed by atoms with van der Waals surface area (Å²) in [5.74, 6) is 0. The highest BCUT2D eigenvalue weighted by molar-refractivity contribution is 5.39. The first-order valence-electron chi connectivity index (χ1n) is 9.00. The Morgan fingerprint density at radius 3 is 1.81 bits per heavy atom. The van der Waals surface area contributed by atoms with E-state index in [1.807, 2.05) is 33.8 Å². The molecule has 0 aromatic heterocycles. The number of hydrogen-bond donors (Lipinski definition) is 0. The number of carbonyl (C=O) groups is 1. The van der Waals surface area contributed by atoms with Crippen molar-refractivity contribution in [3.63, 3.8) is 0 Å². The molecule has 0 aliphatic rings. The highest BCUT2D eigenvalue weighted by Crippen LogP contribution is 2.33. The lowest BCUT2D eigenvalue weighted by atomic mass is 9.77. The van der Waals surface area contributed by atoms with E-state index in [2.05, 4.69) is 62.4 Å². The van der Waals surface area contributed by atoms with Gasteiger partial charge < -0.3 is 9.47 Å². The summed E-state index contributed by atoms with van der Waals surface area (Å²) in [6.45, 7) is 13.0. The van der Waals surface area contributed by atoms with Crippen LogP contribution in [0.2, 0.25) is 0 Å². The summed E-state index contributed by atoms with van der Waals surface area (Å²) in [6, 6.07) is 19.1. The smallest absolute Gasteiger partial charge is 0.293 e. The monoisotopic (exact) mass is 354 g/mol. The zero-order valence-electron chi connectivity index (χ0n) is 16.7. The molecule has 26 heavy (non-hydrogen) atoms. The average molecular weight is 354 g/mol. The van der Waals surface area contributed by atoms with Crippen LogP contribution in [-0.4, -0.2) is 18.7 Å². The van der Waals surface area contributed by atoms with Crippen LogP contribution in [0, 0.1) is 0 Å². The molecule has 2 aromatic rings. The minimum absolute atomic E-state index is 0.0649. The molecule has 0 N–H and O–H groups in total. The zero-order chi connectivity index (χ0) is 19.4. The normalized spacial score (nSPS) is 12.7. The van der Waals surface area contributed by atoms with E-state index in [1.165, 1.54) is 11.1 Å². The molecule has 0 atom stereocenters. The molecule has 0 aliphatic carbocycles. The Labute approximate surface area is 157 Å². The van der Waals surface area contributed by atoms with E-state index in [0.29, 0.717) is 13.1 Å². The van der Waals surface area contributed by atoms with Gasteiger partial charge in [0.25, 0.3) is 6.47 Å². The molecule has 0 radical (unpaired) electrons. The fourth-order valence-electron chi connectivity index (χ4n) is 2.91. The van der Waals surface area contributed by atoms with E-state index in [4.69, 9.17) is 9.47 Å². The Hall–Kier alpha value is -2.13. The second-order valence-electron chi connectivity index (χ2n) is 8.34. The van der Waals surface area contributed by atoms with Gasteiger partial charge in [0.2, 0.25) is 0 Å². The van der Waals surface area contributed by atoms with Crippen molar-refractivity contribution >= 4 is 6.47 Å². The van der Waals surface area contributed by atoms with Crippen molar-refractivity contribution in [2.24, 2.45) is 0 Å². The molecule has 140 valence electrons. The van der Waals surface area contributed by atoms with Crippen molar-refractivity contribution in [1.82, 2.24) is 0 Å². The molecule has 3 heteroatoms. The third-order valence-electron chi connectivity index (χ3n) is 4.95. The van der Waals surface area contributed by atoms with Gasteiger partial charge in [-0.1, -0.05) is 68.4 Å². The van der Waals surface area contributed by atoms with Crippen LogP contribution < -0.4 is 0 Å². The fraction of sp³-hybridized carbons (Fsp3) is 0.435. The summed E-state index contributed by atoms with van der Waals surface area (Å²) < 4.78 is 11.1. The van der Waals surface area contributed by atoms with Crippen molar-refractivity contribution in [3.8, 4) is 0 Å². The molecule has 0 saturated heterocycles. The Kier molecular flexibility index (Phi) is 5.92. The predicted octanol–water partition coefficient (Wildman–Crippen LogP) is 5.22. The number of ether oxygens (including phenoxy) is 2. The lowest BCUT2D eigenvalue weighted by Gasteiger charge is -2.32. The summed E-state index contributed by atoms with van der Waals surface area (Å²) in [6.07, 6.45) is 0. The van der Waals surface area contributed by atoms with Gasteiger partial charge in [-0.15, -0.1) is 0 Å². The highest BCUT2D eigenvalue weighted by Gasteiger charge is 2.28. The van der Waals surface area contributed by atoms with E-state index in [1.54, 1.807) is 0 Å². The van der Waals surface area contributed by atoms with E-state index in [9.17, 15) is 4.79 Å².